The second-order valence-corrected chi connectivity index (χ2v) is 8.70. The van der Waals surface area contributed by atoms with E-state index < -0.39 is 33.1 Å². The zero-order valence-corrected chi connectivity index (χ0v) is 16.8. The number of carbonyl (C=O) groups is 1. The maximum absolute atomic E-state index is 13.8. The molecule has 0 radical (unpaired) electrons. The lowest BCUT2D eigenvalue weighted by Gasteiger charge is -2.26. The molecule has 1 amide bonds. The summed E-state index contributed by atoms with van der Waals surface area (Å²) in [6.45, 7) is 0.888. The number of carbonyl (C=O) groups excluding carboxylic acids is 1. The Morgan fingerprint density at radius 1 is 1.10 bits per heavy atom. The van der Waals surface area contributed by atoms with E-state index in [0.29, 0.717) is 13.1 Å². The Balaban J connectivity index is 1.83. The van der Waals surface area contributed by atoms with E-state index in [2.05, 4.69) is 5.32 Å². The highest BCUT2D eigenvalue weighted by Crippen LogP contribution is 2.23. The van der Waals surface area contributed by atoms with Crippen molar-refractivity contribution in [3.8, 4) is 6.07 Å². The zero-order chi connectivity index (χ0) is 21.7. The zero-order valence-electron chi connectivity index (χ0n) is 15.9. The first-order chi connectivity index (χ1) is 14.3. The topological polar surface area (TPSA) is 90.3 Å². The number of sulfonamides is 1. The van der Waals surface area contributed by atoms with Crippen LogP contribution in [0.5, 0.6) is 0 Å². The quantitative estimate of drug-likeness (QED) is 0.578. The number of rotatable bonds is 5. The molecule has 3 rings (SSSR count). The van der Waals surface area contributed by atoms with Crippen LogP contribution in [0.4, 0.5) is 14.5 Å². The van der Waals surface area contributed by atoms with E-state index in [4.69, 9.17) is 0 Å². The van der Waals surface area contributed by atoms with Crippen molar-refractivity contribution in [3.63, 3.8) is 0 Å². The molecule has 0 aromatic heterocycles. The van der Waals surface area contributed by atoms with Crippen molar-refractivity contribution in [2.24, 2.45) is 0 Å². The second kappa shape index (κ2) is 9.15. The highest BCUT2D eigenvalue weighted by atomic mass is 32.2. The minimum atomic E-state index is -3.69. The van der Waals surface area contributed by atoms with E-state index in [0.717, 1.165) is 31.4 Å². The molecular formula is C21H19F2N3O3S. The molecule has 0 unspecified atom stereocenters. The van der Waals surface area contributed by atoms with Crippen LogP contribution in [0.15, 0.2) is 52.9 Å². The molecule has 1 aliphatic rings. The van der Waals surface area contributed by atoms with Crippen molar-refractivity contribution in [1.82, 2.24) is 4.31 Å². The predicted molar refractivity (Wildman–Crippen MR) is 108 cm³/mol. The van der Waals surface area contributed by atoms with Crippen LogP contribution in [-0.4, -0.2) is 31.7 Å². The fraction of sp³-hybridized carbons (Fsp3) is 0.238. The third-order valence-corrected chi connectivity index (χ3v) is 6.59. The summed E-state index contributed by atoms with van der Waals surface area (Å²) in [6, 6.07) is 10.8. The first kappa shape index (κ1) is 21.6. The first-order valence-corrected chi connectivity index (χ1v) is 10.7. The van der Waals surface area contributed by atoms with E-state index in [1.807, 2.05) is 0 Å². The molecule has 0 aliphatic carbocycles. The number of benzene rings is 2. The maximum Gasteiger partial charge on any atom is 0.266 e. The van der Waals surface area contributed by atoms with Gasteiger partial charge in [-0.1, -0.05) is 24.6 Å². The molecule has 0 spiro atoms. The van der Waals surface area contributed by atoms with Gasteiger partial charge in [0.1, 0.15) is 11.6 Å². The van der Waals surface area contributed by atoms with Gasteiger partial charge in [-0.3, -0.25) is 4.79 Å². The highest BCUT2D eigenvalue weighted by molar-refractivity contribution is 7.89. The lowest BCUT2D eigenvalue weighted by Crippen LogP contribution is -2.35. The summed E-state index contributed by atoms with van der Waals surface area (Å²) >= 11 is 0. The number of nitriles is 1. The van der Waals surface area contributed by atoms with Gasteiger partial charge in [0.25, 0.3) is 5.91 Å². The Hall–Kier alpha value is -3.09. The van der Waals surface area contributed by atoms with Crippen LogP contribution in [0.3, 0.4) is 0 Å². The Bertz CT molecular complexity index is 1130. The Labute approximate surface area is 173 Å². The van der Waals surface area contributed by atoms with Gasteiger partial charge in [0, 0.05) is 24.3 Å². The van der Waals surface area contributed by atoms with Crippen molar-refractivity contribution in [2.45, 2.75) is 24.2 Å². The van der Waals surface area contributed by atoms with Crippen LogP contribution in [0.1, 0.15) is 24.8 Å². The van der Waals surface area contributed by atoms with E-state index in [1.54, 1.807) is 6.07 Å². The smallest absolute Gasteiger partial charge is 0.266 e. The standard InChI is InChI=1S/C21H19F2N3O3S/c22-19-9-4-6-15(20(19)23)12-16(14-24)21(27)25-17-7-5-8-18(13-17)30(28,29)26-10-2-1-3-11-26/h4-9,12-13H,1-3,10-11H2,(H,25,27). The third kappa shape index (κ3) is 4.72. The van der Waals surface area contributed by atoms with Crippen LogP contribution in [0.25, 0.3) is 6.08 Å². The SMILES string of the molecule is N#CC(=Cc1cccc(F)c1F)C(=O)Nc1cccc(S(=O)(=O)N2CCCCC2)c1. The van der Waals surface area contributed by atoms with E-state index in [1.165, 1.54) is 40.7 Å². The van der Waals surface area contributed by atoms with E-state index in [-0.39, 0.29) is 16.1 Å². The van der Waals surface area contributed by atoms with Crippen molar-refractivity contribution < 1.29 is 22.0 Å². The molecule has 1 saturated heterocycles. The van der Waals surface area contributed by atoms with Crippen LogP contribution in [-0.2, 0) is 14.8 Å². The second-order valence-electron chi connectivity index (χ2n) is 6.76. The molecular weight excluding hydrogens is 412 g/mol. The van der Waals surface area contributed by atoms with E-state index >= 15 is 0 Å². The van der Waals surface area contributed by atoms with Gasteiger partial charge in [-0.25, -0.2) is 17.2 Å². The number of anilines is 1. The Morgan fingerprint density at radius 3 is 2.50 bits per heavy atom. The van der Waals surface area contributed by atoms with Gasteiger partial charge in [-0.05, 0) is 43.2 Å². The molecule has 156 valence electrons. The summed E-state index contributed by atoms with van der Waals surface area (Å²) in [5, 5.41) is 11.7. The molecule has 1 N–H and O–H groups in total. The summed E-state index contributed by atoms with van der Waals surface area (Å²) in [6.07, 6.45) is 3.50. The molecule has 0 atom stereocenters. The lowest BCUT2D eigenvalue weighted by molar-refractivity contribution is -0.112. The Kier molecular flexibility index (Phi) is 6.59. The van der Waals surface area contributed by atoms with Gasteiger partial charge in [0.05, 0.1) is 4.90 Å². The summed E-state index contributed by atoms with van der Waals surface area (Å²) < 4.78 is 54.2. The molecule has 6 nitrogen and oxygen atoms in total. The van der Waals surface area contributed by atoms with Crippen LogP contribution in [0.2, 0.25) is 0 Å². The number of nitrogens with one attached hydrogen (secondary N) is 1. The number of nitrogens with zero attached hydrogens (tertiary/aromatic N) is 2. The van der Waals surface area contributed by atoms with Gasteiger partial charge < -0.3 is 5.32 Å². The summed E-state index contributed by atoms with van der Waals surface area (Å²) in [4.78, 5) is 12.5. The normalized spacial score (nSPS) is 15.4. The Morgan fingerprint density at radius 2 is 1.80 bits per heavy atom. The maximum atomic E-state index is 13.8. The fourth-order valence-corrected chi connectivity index (χ4v) is 4.69. The van der Waals surface area contributed by atoms with Gasteiger partial charge in [-0.15, -0.1) is 0 Å². The van der Waals surface area contributed by atoms with Crippen molar-refractivity contribution in [1.29, 1.82) is 5.26 Å². The summed E-state index contributed by atoms with van der Waals surface area (Å²) in [7, 11) is -3.69. The molecule has 2 aromatic rings. The summed E-state index contributed by atoms with van der Waals surface area (Å²) in [5.74, 6) is -3.14. The summed E-state index contributed by atoms with van der Waals surface area (Å²) in [5.41, 5.74) is -0.536. The molecule has 9 heteroatoms. The minimum Gasteiger partial charge on any atom is -0.321 e. The van der Waals surface area contributed by atoms with Gasteiger partial charge in [-0.2, -0.15) is 9.57 Å². The predicted octanol–water partition coefficient (Wildman–Crippen LogP) is 3.69. The van der Waals surface area contributed by atoms with Crippen molar-refractivity contribution in [3.05, 3.63) is 65.2 Å². The molecule has 1 fully saturated rings. The van der Waals surface area contributed by atoms with E-state index in [9.17, 15) is 27.3 Å². The van der Waals surface area contributed by atoms with Gasteiger partial charge in [0.15, 0.2) is 11.6 Å². The number of amides is 1. The van der Waals surface area contributed by atoms with Gasteiger partial charge >= 0.3 is 0 Å². The molecule has 30 heavy (non-hydrogen) atoms. The fourth-order valence-electron chi connectivity index (χ4n) is 3.12. The van der Waals surface area contributed by atoms with Crippen LogP contribution >= 0.6 is 0 Å². The molecule has 0 bridgehead atoms. The molecule has 1 heterocycles. The number of hydrogen-bond donors (Lipinski definition) is 1. The highest BCUT2D eigenvalue weighted by Gasteiger charge is 2.26. The van der Waals surface area contributed by atoms with Crippen molar-refractivity contribution in [2.75, 3.05) is 18.4 Å². The van der Waals surface area contributed by atoms with Crippen LogP contribution < -0.4 is 5.32 Å². The molecule has 0 saturated carbocycles. The number of halogens is 2. The largest absolute Gasteiger partial charge is 0.321 e. The lowest BCUT2D eigenvalue weighted by atomic mass is 10.1. The van der Waals surface area contributed by atoms with Crippen molar-refractivity contribution >= 4 is 27.7 Å². The number of piperidine rings is 1. The minimum absolute atomic E-state index is 0.0286. The molecule has 2 aromatic carbocycles. The monoisotopic (exact) mass is 431 g/mol. The average molecular weight is 431 g/mol. The number of hydrogen-bond acceptors (Lipinski definition) is 4. The first-order valence-electron chi connectivity index (χ1n) is 9.30. The third-order valence-electron chi connectivity index (χ3n) is 4.69. The molecule has 1 aliphatic heterocycles. The van der Waals surface area contributed by atoms with Crippen LogP contribution in [0, 0.1) is 23.0 Å². The van der Waals surface area contributed by atoms with Gasteiger partial charge in [0.2, 0.25) is 10.0 Å². The average Bonchev–Trinajstić information content (AvgIpc) is 2.75.